The Hall–Kier alpha value is -2.51. The van der Waals surface area contributed by atoms with E-state index in [1.165, 1.54) is 22.3 Å². The van der Waals surface area contributed by atoms with Crippen LogP contribution in [0.3, 0.4) is 0 Å². The largest absolute Gasteiger partial charge is 0.394 e. The zero-order valence-corrected chi connectivity index (χ0v) is 15.9. The number of aliphatic hydroxyl groups excluding tert-OH is 1. The quantitative estimate of drug-likeness (QED) is 0.731. The molecule has 0 fully saturated rings. The fourth-order valence-corrected chi connectivity index (χ4v) is 3.17. The van der Waals surface area contributed by atoms with Crippen LogP contribution in [-0.4, -0.2) is 35.6 Å². The third-order valence-corrected chi connectivity index (χ3v) is 5.06. The Morgan fingerprint density at radius 3 is 2.50 bits per heavy atom. The van der Waals surface area contributed by atoms with Gasteiger partial charge in [0.05, 0.1) is 23.4 Å². The molecule has 1 heterocycles. The number of nitrogens with zero attached hydrogens (tertiary/aromatic N) is 2. The van der Waals surface area contributed by atoms with Crippen molar-refractivity contribution in [1.29, 1.82) is 0 Å². The third kappa shape index (κ3) is 4.56. The Morgan fingerprint density at radius 1 is 1.35 bits per heavy atom. The van der Waals surface area contributed by atoms with Crippen LogP contribution in [0.5, 0.6) is 0 Å². The number of hydrogen-bond donors (Lipinski definition) is 2. The van der Waals surface area contributed by atoms with E-state index in [4.69, 9.17) is 0 Å². The second kappa shape index (κ2) is 8.73. The lowest BCUT2D eigenvalue weighted by atomic mass is 10.1. The average molecular weight is 373 g/mol. The van der Waals surface area contributed by atoms with Crippen molar-refractivity contribution < 1.29 is 14.7 Å². The molecule has 6 nitrogen and oxygen atoms in total. The fourth-order valence-electron chi connectivity index (χ4n) is 2.28. The lowest BCUT2D eigenvalue weighted by Gasteiger charge is -2.17. The molecule has 0 aliphatic rings. The van der Waals surface area contributed by atoms with E-state index < -0.39 is 6.04 Å². The maximum atomic E-state index is 12.5. The van der Waals surface area contributed by atoms with Gasteiger partial charge in [-0.25, -0.2) is 4.98 Å². The molecule has 2 amide bonds. The molecule has 138 valence electrons. The summed E-state index contributed by atoms with van der Waals surface area (Å²) < 4.78 is 0. The van der Waals surface area contributed by atoms with E-state index >= 15 is 0 Å². The van der Waals surface area contributed by atoms with E-state index in [-0.39, 0.29) is 18.4 Å². The molecular formula is C19H23N3O3S. The number of aromatic nitrogens is 1. The number of rotatable bonds is 7. The monoisotopic (exact) mass is 373 g/mol. The van der Waals surface area contributed by atoms with E-state index in [2.05, 4.69) is 16.9 Å². The van der Waals surface area contributed by atoms with Crippen LogP contribution >= 0.6 is 11.3 Å². The van der Waals surface area contributed by atoms with Gasteiger partial charge in [0.15, 0.2) is 0 Å². The molecule has 2 rings (SSSR count). The second-order valence-electron chi connectivity index (χ2n) is 6.12. The fraction of sp³-hybridized carbons (Fsp3) is 0.316. The predicted octanol–water partition coefficient (Wildman–Crippen LogP) is 2.88. The summed E-state index contributed by atoms with van der Waals surface area (Å²) in [6.07, 6.45) is 1.23. The molecule has 7 heteroatoms. The number of carbonyl (C=O) groups is 2. The highest BCUT2D eigenvalue weighted by Gasteiger charge is 2.19. The number of nitrogens with one attached hydrogen (secondary N) is 1. The normalized spacial score (nSPS) is 11.9. The molecule has 1 aromatic carbocycles. The van der Waals surface area contributed by atoms with E-state index in [0.717, 1.165) is 5.01 Å². The van der Waals surface area contributed by atoms with Crippen LogP contribution in [-0.2, 0) is 4.79 Å². The van der Waals surface area contributed by atoms with Gasteiger partial charge >= 0.3 is 0 Å². The first-order chi connectivity index (χ1) is 12.4. The van der Waals surface area contributed by atoms with Crippen LogP contribution in [0, 0.1) is 0 Å². The van der Waals surface area contributed by atoms with Gasteiger partial charge in [-0.2, -0.15) is 0 Å². The molecule has 0 spiro atoms. The maximum absolute atomic E-state index is 12.5. The van der Waals surface area contributed by atoms with E-state index in [1.807, 2.05) is 19.2 Å². The molecule has 1 atom stereocenters. The lowest BCUT2D eigenvalue weighted by molar-refractivity contribution is -0.113. The number of amides is 2. The molecule has 26 heavy (non-hydrogen) atoms. The van der Waals surface area contributed by atoms with Crippen LogP contribution in [0.25, 0.3) is 0 Å². The topological polar surface area (TPSA) is 82.5 Å². The molecule has 0 saturated carbocycles. The Balaban J connectivity index is 2.09. The minimum Gasteiger partial charge on any atom is -0.394 e. The zero-order valence-electron chi connectivity index (χ0n) is 15.1. The van der Waals surface area contributed by atoms with Gasteiger partial charge in [-0.15, -0.1) is 11.3 Å². The van der Waals surface area contributed by atoms with E-state index in [1.54, 1.807) is 31.3 Å². The van der Waals surface area contributed by atoms with Gasteiger partial charge in [0.25, 0.3) is 5.91 Å². The van der Waals surface area contributed by atoms with Crippen LogP contribution in [0.15, 0.2) is 42.3 Å². The highest BCUT2D eigenvalue weighted by atomic mass is 32.1. The van der Waals surface area contributed by atoms with Gasteiger partial charge in [-0.1, -0.05) is 20.4 Å². The summed E-state index contributed by atoms with van der Waals surface area (Å²) in [5, 5.41) is 15.2. The van der Waals surface area contributed by atoms with Gasteiger partial charge in [-0.05, 0) is 30.3 Å². The van der Waals surface area contributed by atoms with E-state index in [9.17, 15) is 14.7 Å². The predicted molar refractivity (Wildman–Crippen MR) is 104 cm³/mol. The van der Waals surface area contributed by atoms with Gasteiger partial charge in [0, 0.05) is 29.6 Å². The van der Waals surface area contributed by atoms with Crippen molar-refractivity contribution in [2.45, 2.75) is 25.8 Å². The Morgan fingerprint density at radius 2 is 2.00 bits per heavy atom. The highest BCUT2D eigenvalue weighted by molar-refractivity contribution is 7.09. The van der Waals surface area contributed by atoms with Crippen molar-refractivity contribution in [3.63, 3.8) is 0 Å². The number of thiazole rings is 1. The van der Waals surface area contributed by atoms with Crippen LogP contribution in [0.1, 0.15) is 46.9 Å². The number of aliphatic hydroxyl groups is 1. The summed E-state index contributed by atoms with van der Waals surface area (Å²) >= 11 is 1.52. The van der Waals surface area contributed by atoms with Crippen LogP contribution in [0.4, 0.5) is 5.69 Å². The number of anilines is 1. The SMILES string of the molecule is C=CC(=O)N(C)c1ccc(C(=O)NC(CO)c2csc(C(C)C)n2)cc1. The number of benzene rings is 1. The molecule has 1 aromatic heterocycles. The van der Waals surface area contributed by atoms with Gasteiger partial charge in [0.2, 0.25) is 5.91 Å². The smallest absolute Gasteiger partial charge is 0.251 e. The minimum atomic E-state index is -0.559. The molecule has 0 radical (unpaired) electrons. The minimum absolute atomic E-state index is 0.230. The van der Waals surface area contributed by atoms with Crippen molar-refractivity contribution in [1.82, 2.24) is 10.3 Å². The highest BCUT2D eigenvalue weighted by Crippen LogP contribution is 2.23. The van der Waals surface area contributed by atoms with Crippen molar-refractivity contribution in [2.75, 3.05) is 18.6 Å². The summed E-state index contributed by atoms with van der Waals surface area (Å²) in [6.45, 7) is 7.31. The van der Waals surface area contributed by atoms with Crippen molar-refractivity contribution in [2.24, 2.45) is 0 Å². The van der Waals surface area contributed by atoms with Gasteiger partial charge in [-0.3, -0.25) is 9.59 Å². The summed E-state index contributed by atoms with van der Waals surface area (Å²) in [4.78, 5) is 30.0. The van der Waals surface area contributed by atoms with Crippen molar-refractivity contribution >= 4 is 28.8 Å². The second-order valence-corrected chi connectivity index (χ2v) is 7.01. The summed E-state index contributed by atoms with van der Waals surface area (Å²) in [5.41, 5.74) is 1.75. The Kier molecular flexibility index (Phi) is 6.65. The van der Waals surface area contributed by atoms with Crippen LogP contribution in [0.2, 0.25) is 0 Å². The molecular weight excluding hydrogens is 350 g/mol. The molecule has 0 aliphatic carbocycles. The first-order valence-corrected chi connectivity index (χ1v) is 9.12. The van der Waals surface area contributed by atoms with Gasteiger partial charge < -0.3 is 15.3 Å². The first-order valence-electron chi connectivity index (χ1n) is 8.24. The Bertz CT molecular complexity index is 784. The van der Waals surface area contributed by atoms with Gasteiger partial charge in [0.1, 0.15) is 0 Å². The summed E-state index contributed by atoms with van der Waals surface area (Å²) in [6, 6.07) is 6.07. The Labute approximate surface area is 157 Å². The molecule has 0 saturated heterocycles. The summed E-state index contributed by atoms with van der Waals surface area (Å²) in [7, 11) is 1.63. The number of hydrogen-bond acceptors (Lipinski definition) is 5. The molecule has 0 bridgehead atoms. The molecule has 2 N–H and O–H groups in total. The van der Waals surface area contributed by atoms with Crippen LogP contribution < -0.4 is 10.2 Å². The van der Waals surface area contributed by atoms with Crippen molar-refractivity contribution in [3.05, 3.63) is 58.6 Å². The number of likely N-dealkylation sites (N-methyl/N-ethyl adjacent to an activating group) is 1. The maximum Gasteiger partial charge on any atom is 0.251 e. The first kappa shape index (κ1) is 19.8. The third-order valence-electron chi connectivity index (χ3n) is 3.90. The standard InChI is InChI=1S/C19H23N3O3S/c1-5-17(24)22(4)14-8-6-13(7-9-14)18(25)20-15(10-23)16-11-26-19(21-16)12(2)3/h5-9,11-12,15,23H,1,10H2,2-4H3,(H,20,25). The average Bonchev–Trinajstić information content (AvgIpc) is 3.15. The molecule has 1 unspecified atom stereocenters. The summed E-state index contributed by atoms with van der Waals surface area (Å²) in [5.74, 6) is -0.244. The number of carbonyl (C=O) groups excluding carboxylic acids is 2. The lowest BCUT2D eigenvalue weighted by Crippen LogP contribution is -2.31. The van der Waals surface area contributed by atoms with Crippen molar-refractivity contribution in [3.8, 4) is 0 Å². The zero-order chi connectivity index (χ0) is 19.3. The molecule has 2 aromatic rings. The molecule has 0 aliphatic heterocycles. The van der Waals surface area contributed by atoms with E-state index in [0.29, 0.717) is 22.9 Å².